The van der Waals surface area contributed by atoms with Crippen LogP contribution in [0.15, 0.2) is 76.2 Å². The molecule has 1 saturated heterocycles. The van der Waals surface area contributed by atoms with E-state index in [2.05, 4.69) is 10.6 Å². The number of rotatable bonds is 6. The zero-order valence-corrected chi connectivity index (χ0v) is 18.3. The van der Waals surface area contributed by atoms with Crippen LogP contribution in [0.2, 0.25) is 0 Å². The average molecular weight is 472 g/mol. The number of carbonyl (C=O) groups excluding carboxylic acids is 2. The predicted molar refractivity (Wildman–Crippen MR) is 120 cm³/mol. The number of piperidine rings is 1. The first kappa shape index (κ1) is 22.7. The molecule has 0 saturated carbocycles. The number of hydrogen-bond acceptors (Lipinski definition) is 5. The van der Waals surface area contributed by atoms with Gasteiger partial charge in [0, 0.05) is 30.4 Å². The van der Waals surface area contributed by atoms with Gasteiger partial charge in [0.2, 0.25) is 15.9 Å². The van der Waals surface area contributed by atoms with E-state index in [0.29, 0.717) is 24.2 Å². The SMILES string of the molecule is O=C(Nc1cccc(NC(=O)C2CCN(S(=O)(=O)c3ccc(F)cc3)CC2)c1)c1ccco1. The Morgan fingerprint density at radius 3 is 2.24 bits per heavy atom. The van der Waals surface area contributed by atoms with E-state index >= 15 is 0 Å². The lowest BCUT2D eigenvalue weighted by Crippen LogP contribution is -2.41. The summed E-state index contributed by atoms with van der Waals surface area (Å²) in [5.41, 5.74) is 1.01. The lowest BCUT2D eigenvalue weighted by Gasteiger charge is -2.30. The zero-order chi connectivity index (χ0) is 23.4. The highest BCUT2D eigenvalue weighted by atomic mass is 32.2. The standard InChI is InChI=1S/C23H22FN3O5S/c24-17-6-8-20(9-7-17)33(30,31)27-12-10-16(11-13-27)22(28)25-18-3-1-4-19(15-18)26-23(29)21-5-2-14-32-21/h1-9,14-16H,10-13H2,(H,25,28)(H,26,29). The van der Waals surface area contributed by atoms with Crippen LogP contribution in [-0.2, 0) is 14.8 Å². The van der Waals surface area contributed by atoms with Gasteiger partial charge in [0.05, 0.1) is 11.2 Å². The van der Waals surface area contributed by atoms with E-state index in [0.717, 1.165) is 12.1 Å². The van der Waals surface area contributed by atoms with E-state index in [-0.39, 0.29) is 35.6 Å². The minimum Gasteiger partial charge on any atom is -0.459 e. The van der Waals surface area contributed by atoms with Gasteiger partial charge < -0.3 is 15.1 Å². The summed E-state index contributed by atoms with van der Waals surface area (Å²) in [7, 11) is -3.74. The number of nitrogens with zero attached hydrogens (tertiary/aromatic N) is 1. The first-order chi connectivity index (χ1) is 15.8. The molecule has 2 amide bonds. The van der Waals surface area contributed by atoms with Crippen LogP contribution >= 0.6 is 0 Å². The Kier molecular flexibility index (Phi) is 6.57. The summed E-state index contributed by atoms with van der Waals surface area (Å²) in [4.78, 5) is 24.9. The number of anilines is 2. The Hall–Kier alpha value is -3.50. The third-order valence-corrected chi connectivity index (χ3v) is 7.32. The molecule has 3 aromatic rings. The highest BCUT2D eigenvalue weighted by molar-refractivity contribution is 7.89. The number of benzene rings is 2. The van der Waals surface area contributed by atoms with Gasteiger partial charge >= 0.3 is 0 Å². The molecule has 1 aromatic heterocycles. The second-order valence-electron chi connectivity index (χ2n) is 7.63. The maximum atomic E-state index is 13.1. The van der Waals surface area contributed by atoms with Crippen LogP contribution in [0.4, 0.5) is 15.8 Å². The summed E-state index contributed by atoms with van der Waals surface area (Å²) in [5, 5.41) is 5.53. The molecule has 0 radical (unpaired) electrons. The van der Waals surface area contributed by atoms with Crippen LogP contribution in [0.5, 0.6) is 0 Å². The maximum Gasteiger partial charge on any atom is 0.291 e. The Bertz CT molecular complexity index is 1240. The van der Waals surface area contributed by atoms with Gasteiger partial charge in [-0.3, -0.25) is 9.59 Å². The van der Waals surface area contributed by atoms with Crippen molar-refractivity contribution in [2.24, 2.45) is 5.92 Å². The van der Waals surface area contributed by atoms with Gasteiger partial charge in [-0.15, -0.1) is 0 Å². The molecule has 8 nitrogen and oxygen atoms in total. The summed E-state index contributed by atoms with van der Waals surface area (Å²) in [6.45, 7) is 0.383. The predicted octanol–water partition coefficient (Wildman–Crippen LogP) is 3.71. The van der Waals surface area contributed by atoms with Crippen LogP contribution in [-0.4, -0.2) is 37.6 Å². The number of hydrogen-bond donors (Lipinski definition) is 2. The number of amides is 2. The Balaban J connectivity index is 1.34. The minimum absolute atomic E-state index is 0.0280. The van der Waals surface area contributed by atoms with Crippen molar-refractivity contribution >= 4 is 33.2 Å². The third-order valence-electron chi connectivity index (χ3n) is 5.41. The fourth-order valence-electron chi connectivity index (χ4n) is 3.63. The number of furan rings is 1. The molecule has 4 rings (SSSR count). The first-order valence-electron chi connectivity index (χ1n) is 10.3. The van der Waals surface area contributed by atoms with Gasteiger partial charge in [0.25, 0.3) is 5.91 Å². The van der Waals surface area contributed by atoms with Crippen LogP contribution in [0, 0.1) is 11.7 Å². The second kappa shape index (κ2) is 9.55. The molecule has 0 unspecified atom stereocenters. The zero-order valence-electron chi connectivity index (χ0n) is 17.5. The van der Waals surface area contributed by atoms with E-state index < -0.39 is 21.7 Å². The summed E-state index contributed by atoms with van der Waals surface area (Å²) in [6.07, 6.45) is 2.13. The number of halogens is 1. The normalized spacial score (nSPS) is 15.2. The molecular weight excluding hydrogens is 449 g/mol. The van der Waals surface area contributed by atoms with E-state index in [4.69, 9.17) is 4.42 Å². The third kappa shape index (κ3) is 5.29. The molecule has 2 N–H and O–H groups in total. The number of sulfonamides is 1. The van der Waals surface area contributed by atoms with Crippen molar-refractivity contribution in [1.29, 1.82) is 0 Å². The molecule has 33 heavy (non-hydrogen) atoms. The minimum atomic E-state index is -3.74. The summed E-state index contributed by atoms with van der Waals surface area (Å²) in [5.74, 6) is -1.31. The van der Waals surface area contributed by atoms with Crippen LogP contribution in [0.25, 0.3) is 0 Å². The molecule has 0 bridgehead atoms. The molecule has 10 heteroatoms. The molecule has 1 fully saturated rings. The smallest absolute Gasteiger partial charge is 0.291 e. The Labute approximate surface area is 190 Å². The van der Waals surface area contributed by atoms with E-state index in [1.54, 1.807) is 36.4 Å². The molecule has 2 aromatic carbocycles. The van der Waals surface area contributed by atoms with Gasteiger partial charge in [-0.25, -0.2) is 12.8 Å². The fraction of sp³-hybridized carbons (Fsp3) is 0.217. The molecule has 2 heterocycles. The molecule has 172 valence electrons. The lowest BCUT2D eigenvalue weighted by atomic mass is 9.97. The maximum absolute atomic E-state index is 13.1. The molecule has 0 spiro atoms. The van der Waals surface area contributed by atoms with Gasteiger partial charge in [-0.05, 0) is 67.4 Å². The highest BCUT2D eigenvalue weighted by Gasteiger charge is 2.32. The van der Waals surface area contributed by atoms with Crippen LogP contribution < -0.4 is 10.6 Å². The van der Waals surface area contributed by atoms with Crippen molar-refractivity contribution in [1.82, 2.24) is 4.31 Å². The summed E-state index contributed by atoms with van der Waals surface area (Å²) in [6, 6.07) is 14.6. The molecule has 0 atom stereocenters. The van der Waals surface area contributed by atoms with Crippen molar-refractivity contribution in [3.05, 3.63) is 78.5 Å². The average Bonchev–Trinajstić information content (AvgIpc) is 3.35. The van der Waals surface area contributed by atoms with Gasteiger partial charge in [-0.1, -0.05) is 6.07 Å². The largest absolute Gasteiger partial charge is 0.459 e. The first-order valence-corrected chi connectivity index (χ1v) is 11.8. The molecule has 1 aliphatic rings. The number of nitrogens with one attached hydrogen (secondary N) is 2. The lowest BCUT2D eigenvalue weighted by molar-refractivity contribution is -0.120. The summed E-state index contributed by atoms with van der Waals surface area (Å²) >= 11 is 0. The van der Waals surface area contributed by atoms with Crippen molar-refractivity contribution < 1.29 is 26.8 Å². The quantitative estimate of drug-likeness (QED) is 0.570. The van der Waals surface area contributed by atoms with E-state index in [9.17, 15) is 22.4 Å². The molecule has 1 aliphatic heterocycles. The van der Waals surface area contributed by atoms with Crippen molar-refractivity contribution in [2.45, 2.75) is 17.7 Å². The van der Waals surface area contributed by atoms with Crippen molar-refractivity contribution in [3.63, 3.8) is 0 Å². The number of carbonyl (C=O) groups is 2. The topological polar surface area (TPSA) is 109 Å². The highest BCUT2D eigenvalue weighted by Crippen LogP contribution is 2.25. The van der Waals surface area contributed by atoms with E-state index in [1.165, 1.54) is 22.7 Å². The fourth-order valence-corrected chi connectivity index (χ4v) is 5.10. The second-order valence-corrected chi connectivity index (χ2v) is 9.57. The van der Waals surface area contributed by atoms with Gasteiger partial charge in [0.15, 0.2) is 5.76 Å². The molecular formula is C23H22FN3O5S. The van der Waals surface area contributed by atoms with E-state index in [1.807, 2.05) is 0 Å². The van der Waals surface area contributed by atoms with Gasteiger partial charge in [-0.2, -0.15) is 4.31 Å². The Morgan fingerprint density at radius 1 is 0.939 bits per heavy atom. The summed E-state index contributed by atoms with van der Waals surface area (Å²) < 4.78 is 45.0. The molecule has 0 aliphatic carbocycles. The van der Waals surface area contributed by atoms with Crippen molar-refractivity contribution in [2.75, 3.05) is 23.7 Å². The van der Waals surface area contributed by atoms with Crippen molar-refractivity contribution in [3.8, 4) is 0 Å². The van der Waals surface area contributed by atoms with Crippen LogP contribution in [0.3, 0.4) is 0 Å². The monoisotopic (exact) mass is 471 g/mol. The van der Waals surface area contributed by atoms with Gasteiger partial charge in [0.1, 0.15) is 5.82 Å². The Morgan fingerprint density at radius 2 is 1.61 bits per heavy atom. The van der Waals surface area contributed by atoms with Crippen LogP contribution in [0.1, 0.15) is 23.4 Å².